The molecule has 2 fully saturated rings. The number of carbonyl (C=O) groups excluding carboxylic acids is 1. The third-order valence-corrected chi connectivity index (χ3v) is 7.03. The monoisotopic (exact) mass is 379 g/mol. The number of sulfone groups is 1. The van der Waals surface area contributed by atoms with Crippen molar-refractivity contribution < 1.29 is 17.6 Å². The number of hydrogen-bond acceptors (Lipinski definition) is 6. The highest BCUT2D eigenvalue weighted by Gasteiger charge is 2.31. The van der Waals surface area contributed by atoms with Gasteiger partial charge in [0, 0.05) is 37.8 Å². The number of piperazine rings is 1. The summed E-state index contributed by atoms with van der Waals surface area (Å²) >= 11 is 0. The summed E-state index contributed by atoms with van der Waals surface area (Å²) in [4.78, 5) is 30.6. The van der Waals surface area contributed by atoms with Crippen LogP contribution in [0, 0.1) is 0 Å². The molecule has 2 aliphatic rings. The molecule has 3 heterocycles. The highest BCUT2D eigenvalue weighted by atomic mass is 32.2. The molecule has 8 nitrogen and oxygen atoms in total. The fourth-order valence-corrected chi connectivity index (χ4v) is 5.26. The average molecular weight is 379 g/mol. The number of aromatic amines is 1. The average Bonchev–Trinajstić information content (AvgIpc) is 3.00. The first-order valence-electron chi connectivity index (χ1n) is 8.78. The zero-order valence-corrected chi connectivity index (χ0v) is 15.1. The Bertz CT molecular complexity index is 971. The first kappa shape index (κ1) is 17.3. The Balaban J connectivity index is 1.39. The minimum absolute atomic E-state index is 0.0818. The van der Waals surface area contributed by atoms with Crippen molar-refractivity contribution in [2.75, 3.05) is 37.7 Å². The number of oxazole rings is 1. The molecule has 2 saturated heterocycles. The molecule has 0 bridgehead atoms. The van der Waals surface area contributed by atoms with Crippen molar-refractivity contribution in [1.82, 2.24) is 14.8 Å². The molecule has 1 aromatic heterocycles. The molecule has 1 amide bonds. The predicted molar refractivity (Wildman–Crippen MR) is 96.0 cm³/mol. The van der Waals surface area contributed by atoms with Gasteiger partial charge in [-0.25, -0.2) is 13.2 Å². The van der Waals surface area contributed by atoms with Gasteiger partial charge in [0.1, 0.15) is 9.84 Å². The lowest BCUT2D eigenvalue weighted by Crippen LogP contribution is -2.53. The predicted octanol–water partition coefficient (Wildman–Crippen LogP) is 0.456. The molecule has 0 spiro atoms. The maximum atomic E-state index is 12.7. The van der Waals surface area contributed by atoms with Gasteiger partial charge >= 0.3 is 5.76 Å². The second-order valence-corrected chi connectivity index (χ2v) is 9.24. The molecular weight excluding hydrogens is 358 g/mol. The van der Waals surface area contributed by atoms with E-state index in [-0.39, 0.29) is 17.4 Å². The van der Waals surface area contributed by atoms with Crippen molar-refractivity contribution in [3.8, 4) is 0 Å². The van der Waals surface area contributed by atoms with Crippen molar-refractivity contribution in [3.05, 3.63) is 34.3 Å². The molecule has 0 aliphatic carbocycles. The smallest absolute Gasteiger partial charge is 0.408 e. The molecule has 140 valence electrons. The van der Waals surface area contributed by atoms with Crippen LogP contribution in [0.4, 0.5) is 0 Å². The van der Waals surface area contributed by atoms with Crippen LogP contribution in [0.2, 0.25) is 0 Å². The Morgan fingerprint density at radius 2 is 1.81 bits per heavy atom. The van der Waals surface area contributed by atoms with E-state index in [1.165, 1.54) is 0 Å². The molecule has 0 unspecified atom stereocenters. The van der Waals surface area contributed by atoms with Gasteiger partial charge in [0.05, 0.1) is 17.0 Å². The molecule has 0 atom stereocenters. The molecule has 0 radical (unpaired) electrons. The second kappa shape index (κ2) is 6.55. The van der Waals surface area contributed by atoms with Gasteiger partial charge in [-0.1, -0.05) is 0 Å². The molecule has 4 rings (SSSR count). The summed E-state index contributed by atoms with van der Waals surface area (Å²) in [6, 6.07) is 5.25. The van der Waals surface area contributed by atoms with Gasteiger partial charge in [-0.05, 0) is 31.0 Å². The first-order chi connectivity index (χ1) is 12.4. The normalized spacial score (nSPS) is 21.9. The number of benzene rings is 1. The van der Waals surface area contributed by atoms with Crippen LogP contribution in [-0.4, -0.2) is 72.8 Å². The molecule has 1 N–H and O–H groups in total. The SMILES string of the molecule is O=C(c1ccc2[nH]c(=O)oc2c1)N1CCN(C2CCS(=O)(=O)CC2)CC1. The summed E-state index contributed by atoms with van der Waals surface area (Å²) in [6.45, 7) is 2.71. The van der Waals surface area contributed by atoms with E-state index in [1.54, 1.807) is 23.1 Å². The number of amides is 1. The minimum atomic E-state index is -2.86. The van der Waals surface area contributed by atoms with Crippen molar-refractivity contribution in [3.63, 3.8) is 0 Å². The zero-order valence-electron chi connectivity index (χ0n) is 14.3. The summed E-state index contributed by atoms with van der Waals surface area (Å²) in [5.41, 5.74) is 1.45. The van der Waals surface area contributed by atoms with Crippen molar-refractivity contribution in [1.29, 1.82) is 0 Å². The summed E-state index contributed by atoms with van der Waals surface area (Å²) in [6.07, 6.45) is 1.36. The lowest BCUT2D eigenvalue weighted by atomic mass is 10.1. The van der Waals surface area contributed by atoms with E-state index in [4.69, 9.17) is 4.42 Å². The molecule has 2 aliphatic heterocycles. The van der Waals surface area contributed by atoms with E-state index in [2.05, 4.69) is 9.88 Å². The number of hydrogen-bond donors (Lipinski definition) is 1. The van der Waals surface area contributed by atoms with Gasteiger partial charge in [-0.3, -0.25) is 14.7 Å². The van der Waals surface area contributed by atoms with Crippen LogP contribution in [0.5, 0.6) is 0 Å². The van der Waals surface area contributed by atoms with Gasteiger partial charge in [-0.15, -0.1) is 0 Å². The fourth-order valence-electron chi connectivity index (χ4n) is 3.79. The maximum Gasteiger partial charge on any atom is 0.417 e. The number of aromatic nitrogens is 1. The number of fused-ring (bicyclic) bond motifs is 1. The summed E-state index contributed by atoms with van der Waals surface area (Å²) < 4.78 is 28.2. The maximum absolute atomic E-state index is 12.7. The number of nitrogens with one attached hydrogen (secondary N) is 1. The van der Waals surface area contributed by atoms with Crippen LogP contribution in [0.1, 0.15) is 23.2 Å². The topological polar surface area (TPSA) is 104 Å². The standard InChI is InChI=1S/C17H21N3O5S/c21-16(12-1-2-14-15(11-12)25-17(22)18-14)20-7-5-19(6-8-20)13-3-9-26(23,24)10-4-13/h1-2,11,13H,3-10H2,(H,18,22). The van der Waals surface area contributed by atoms with E-state index in [1.807, 2.05) is 0 Å². The third-order valence-electron chi connectivity index (χ3n) is 5.31. The molecular formula is C17H21N3O5S. The Morgan fingerprint density at radius 3 is 2.50 bits per heavy atom. The summed E-state index contributed by atoms with van der Waals surface area (Å²) in [5.74, 6) is -0.0912. The minimum Gasteiger partial charge on any atom is -0.408 e. The highest BCUT2D eigenvalue weighted by molar-refractivity contribution is 7.91. The van der Waals surface area contributed by atoms with Crippen LogP contribution in [0.25, 0.3) is 11.1 Å². The Hall–Kier alpha value is -2.13. The summed E-state index contributed by atoms with van der Waals surface area (Å²) in [5, 5.41) is 0. The number of carbonyl (C=O) groups is 1. The molecule has 1 aromatic carbocycles. The van der Waals surface area contributed by atoms with Crippen LogP contribution in [-0.2, 0) is 9.84 Å². The lowest BCUT2D eigenvalue weighted by Gasteiger charge is -2.40. The van der Waals surface area contributed by atoms with Crippen molar-refractivity contribution >= 4 is 26.8 Å². The number of rotatable bonds is 2. The second-order valence-electron chi connectivity index (χ2n) is 6.94. The van der Waals surface area contributed by atoms with Crippen LogP contribution >= 0.6 is 0 Å². The van der Waals surface area contributed by atoms with E-state index in [0.29, 0.717) is 48.6 Å². The number of nitrogens with zero attached hydrogens (tertiary/aromatic N) is 2. The van der Waals surface area contributed by atoms with Crippen LogP contribution in [0.15, 0.2) is 27.4 Å². The lowest BCUT2D eigenvalue weighted by molar-refractivity contribution is 0.0558. The zero-order chi connectivity index (χ0) is 18.3. The highest BCUT2D eigenvalue weighted by Crippen LogP contribution is 2.21. The van der Waals surface area contributed by atoms with Gasteiger partial charge in [0.2, 0.25) is 0 Å². The Morgan fingerprint density at radius 1 is 1.12 bits per heavy atom. The fraction of sp³-hybridized carbons (Fsp3) is 0.529. The van der Waals surface area contributed by atoms with E-state index in [9.17, 15) is 18.0 Å². The van der Waals surface area contributed by atoms with Crippen LogP contribution in [0.3, 0.4) is 0 Å². The van der Waals surface area contributed by atoms with E-state index in [0.717, 1.165) is 13.1 Å². The van der Waals surface area contributed by atoms with Gasteiger partial charge in [-0.2, -0.15) is 0 Å². The number of H-pyrrole nitrogens is 1. The van der Waals surface area contributed by atoms with E-state index < -0.39 is 15.6 Å². The van der Waals surface area contributed by atoms with Gasteiger partial charge < -0.3 is 9.32 Å². The largest absolute Gasteiger partial charge is 0.417 e. The molecule has 26 heavy (non-hydrogen) atoms. The third kappa shape index (κ3) is 3.41. The summed E-state index contributed by atoms with van der Waals surface area (Å²) in [7, 11) is -2.86. The first-order valence-corrected chi connectivity index (χ1v) is 10.6. The van der Waals surface area contributed by atoms with Crippen molar-refractivity contribution in [2.24, 2.45) is 0 Å². The van der Waals surface area contributed by atoms with Gasteiger partial charge in [0.25, 0.3) is 5.91 Å². The van der Waals surface area contributed by atoms with Gasteiger partial charge in [0.15, 0.2) is 5.58 Å². The Labute approximate surface area is 150 Å². The van der Waals surface area contributed by atoms with E-state index >= 15 is 0 Å². The molecule has 9 heteroatoms. The van der Waals surface area contributed by atoms with Crippen molar-refractivity contribution in [2.45, 2.75) is 18.9 Å². The molecule has 0 saturated carbocycles. The van der Waals surface area contributed by atoms with Crippen LogP contribution < -0.4 is 5.76 Å². The Kier molecular flexibility index (Phi) is 4.36. The molecule has 2 aromatic rings. The quantitative estimate of drug-likeness (QED) is 0.813.